The lowest BCUT2D eigenvalue weighted by Gasteiger charge is -2.25. The molecule has 0 aromatic heterocycles. The van der Waals surface area contributed by atoms with Gasteiger partial charge in [0.05, 0.1) is 23.2 Å². The first-order valence-corrected chi connectivity index (χ1v) is 11.2. The number of hydrogen-bond acceptors (Lipinski definition) is 8. The molecule has 2 heterocycles. The molecule has 2 saturated heterocycles. The third kappa shape index (κ3) is 6.39. The molecule has 174 valence electrons. The van der Waals surface area contributed by atoms with Crippen LogP contribution in [0.15, 0.2) is 23.1 Å². The normalized spacial score (nSPS) is 19.9. The van der Waals surface area contributed by atoms with Crippen LogP contribution in [0.4, 0.5) is 15.3 Å². The van der Waals surface area contributed by atoms with Crippen molar-refractivity contribution in [3.63, 3.8) is 0 Å². The van der Waals surface area contributed by atoms with E-state index in [2.05, 4.69) is 15.5 Å². The summed E-state index contributed by atoms with van der Waals surface area (Å²) in [5.41, 5.74) is 0.989. The highest BCUT2D eigenvalue weighted by molar-refractivity contribution is 8.18. The van der Waals surface area contributed by atoms with Crippen LogP contribution >= 0.6 is 11.8 Å². The predicted octanol–water partition coefficient (Wildman–Crippen LogP) is 3.14. The molecule has 2 N–H and O–H groups in total. The fourth-order valence-corrected chi connectivity index (χ4v) is 4.14. The number of carbonyl (C=O) groups excluding carboxylic acids is 3. The average molecular weight is 464 g/mol. The number of hydrogen-bond donors (Lipinski definition) is 2. The van der Waals surface area contributed by atoms with Crippen molar-refractivity contribution in [1.82, 2.24) is 10.6 Å². The van der Waals surface area contributed by atoms with Crippen molar-refractivity contribution in [2.45, 2.75) is 38.8 Å². The molecule has 0 unspecified atom stereocenters. The van der Waals surface area contributed by atoms with Crippen molar-refractivity contribution in [2.24, 2.45) is 0 Å². The Labute approximate surface area is 191 Å². The van der Waals surface area contributed by atoms with E-state index in [1.165, 1.54) is 0 Å². The van der Waals surface area contributed by atoms with Gasteiger partial charge >= 0.3 is 6.09 Å². The van der Waals surface area contributed by atoms with Crippen LogP contribution < -0.4 is 20.3 Å². The Kier molecular flexibility index (Phi) is 7.68. The van der Waals surface area contributed by atoms with Gasteiger partial charge in [0.25, 0.3) is 11.1 Å². The van der Waals surface area contributed by atoms with E-state index >= 15 is 0 Å². The Morgan fingerprint density at radius 3 is 2.75 bits per heavy atom. The highest BCUT2D eigenvalue weighted by Gasteiger charge is 2.30. The molecule has 0 spiro atoms. The number of ether oxygens (including phenoxy) is 3. The summed E-state index contributed by atoms with van der Waals surface area (Å²) in [4.78, 5) is 38.2. The zero-order chi connectivity index (χ0) is 23.3. The molecular formula is C22H29N3O6S. The van der Waals surface area contributed by atoms with E-state index in [4.69, 9.17) is 14.2 Å². The van der Waals surface area contributed by atoms with Crippen LogP contribution in [-0.2, 0) is 14.3 Å². The van der Waals surface area contributed by atoms with Crippen LogP contribution in [0.2, 0.25) is 0 Å². The summed E-state index contributed by atoms with van der Waals surface area (Å²) in [7, 11) is 1.60. The minimum absolute atomic E-state index is 0.0943. The molecule has 3 rings (SSSR count). The third-order valence-electron chi connectivity index (χ3n) is 4.73. The van der Waals surface area contributed by atoms with Gasteiger partial charge in [-0.3, -0.25) is 14.9 Å². The van der Waals surface area contributed by atoms with Crippen LogP contribution in [0.25, 0.3) is 6.08 Å². The van der Waals surface area contributed by atoms with E-state index in [0.717, 1.165) is 29.4 Å². The van der Waals surface area contributed by atoms with Gasteiger partial charge in [-0.05, 0) is 51.1 Å². The Bertz CT molecular complexity index is 911. The van der Waals surface area contributed by atoms with E-state index in [0.29, 0.717) is 37.0 Å². The first-order valence-electron chi connectivity index (χ1n) is 10.4. The number of imide groups is 1. The van der Waals surface area contributed by atoms with Gasteiger partial charge in [-0.25, -0.2) is 4.79 Å². The Morgan fingerprint density at radius 2 is 2.09 bits per heavy atom. The SMILES string of the molecule is COCCOc1cccc(/C=C2\SC(=O)NC2=O)c1N1CC[C@H](NC(=O)OC(C)(C)C)C1. The summed E-state index contributed by atoms with van der Waals surface area (Å²) in [6.07, 6.45) is 1.97. The molecule has 32 heavy (non-hydrogen) atoms. The largest absolute Gasteiger partial charge is 0.489 e. The second-order valence-electron chi connectivity index (χ2n) is 8.47. The fraction of sp³-hybridized carbons (Fsp3) is 0.500. The van der Waals surface area contributed by atoms with E-state index in [1.54, 1.807) is 13.2 Å². The third-order valence-corrected chi connectivity index (χ3v) is 5.54. The smallest absolute Gasteiger partial charge is 0.407 e. The molecule has 1 atom stereocenters. The lowest BCUT2D eigenvalue weighted by atomic mass is 10.1. The van der Waals surface area contributed by atoms with Gasteiger partial charge < -0.3 is 24.4 Å². The molecule has 3 amide bonds. The number of nitrogens with one attached hydrogen (secondary N) is 2. The summed E-state index contributed by atoms with van der Waals surface area (Å²) < 4.78 is 16.4. The molecule has 1 aromatic carbocycles. The van der Waals surface area contributed by atoms with E-state index < -0.39 is 22.8 Å². The summed E-state index contributed by atoms with van der Waals surface area (Å²) in [5, 5.41) is 4.80. The van der Waals surface area contributed by atoms with Crippen LogP contribution in [-0.4, -0.2) is 62.3 Å². The zero-order valence-electron chi connectivity index (χ0n) is 18.7. The zero-order valence-corrected chi connectivity index (χ0v) is 19.5. The van der Waals surface area contributed by atoms with E-state index in [9.17, 15) is 14.4 Å². The number of alkyl carbamates (subject to hydrolysis) is 1. The van der Waals surface area contributed by atoms with Gasteiger partial charge in [0, 0.05) is 25.8 Å². The highest BCUT2D eigenvalue weighted by Crippen LogP contribution is 2.37. The molecule has 0 aliphatic carbocycles. The fourth-order valence-electron chi connectivity index (χ4n) is 3.46. The maximum Gasteiger partial charge on any atom is 0.407 e. The number of para-hydroxylation sites is 1. The van der Waals surface area contributed by atoms with Crippen molar-refractivity contribution < 1.29 is 28.6 Å². The first-order chi connectivity index (χ1) is 15.2. The molecule has 0 bridgehead atoms. The molecule has 0 radical (unpaired) electrons. The van der Waals surface area contributed by atoms with Crippen molar-refractivity contribution in [2.75, 3.05) is 38.3 Å². The average Bonchev–Trinajstić information content (AvgIpc) is 3.26. The molecule has 1 aromatic rings. The van der Waals surface area contributed by atoms with E-state index in [-0.39, 0.29) is 6.04 Å². The van der Waals surface area contributed by atoms with Crippen LogP contribution in [0.5, 0.6) is 5.75 Å². The van der Waals surface area contributed by atoms with Gasteiger partial charge in [0.1, 0.15) is 18.0 Å². The Hall–Kier alpha value is -2.72. The maximum atomic E-state index is 12.2. The highest BCUT2D eigenvalue weighted by atomic mass is 32.2. The van der Waals surface area contributed by atoms with E-state index in [1.807, 2.05) is 39.0 Å². The van der Waals surface area contributed by atoms with Gasteiger partial charge in [-0.15, -0.1) is 0 Å². The number of thioether (sulfide) groups is 1. The molecule has 0 saturated carbocycles. The summed E-state index contributed by atoms with van der Waals surface area (Å²) in [6.45, 7) is 7.50. The van der Waals surface area contributed by atoms with Crippen LogP contribution in [0, 0.1) is 0 Å². The minimum Gasteiger partial charge on any atom is -0.489 e. The van der Waals surface area contributed by atoms with Gasteiger partial charge in [-0.2, -0.15) is 0 Å². The second-order valence-corrected chi connectivity index (χ2v) is 9.48. The van der Waals surface area contributed by atoms with Crippen molar-refractivity contribution in [1.29, 1.82) is 0 Å². The number of rotatable bonds is 7. The quantitative estimate of drug-likeness (QED) is 0.469. The Balaban J connectivity index is 1.83. The van der Waals surface area contributed by atoms with Crippen molar-refractivity contribution in [3.05, 3.63) is 28.7 Å². The van der Waals surface area contributed by atoms with Gasteiger partial charge in [0.15, 0.2) is 0 Å². The molecule has 9 nitrogen and oxygen atoms in total. The van der Waals surface area contributed by atoms with Gasteiger partial charge in [0.2, 0.25) is 0 Å². The molecule has 10 heteroatoms. The first kappa shape index (κ1) is 23.9. The number of nitrogens with zero attached hydrogens (tertiary/aromatic N) is 1. The van der Waals surface area contributed by atoms with Gasteiger partial charge in [-0.1, -0.05) is 12.1 Å². The number of amides is 3. The summed E-state index contributed by atoms with van der Waals surface area (Å²) in [5.74, 6) is 0.228. The minimum atomic E-state index is -0.569. The second kappa shape index (κ2) is 10.3. The number of benzene rings is 1. The molecular weight excluding hydrogens is 434 g/mol. The summed E-state index contributed by atoms with van der Waals surface area (Å²) in [6, 6.07) is 5.47. The number of anilines is 1. The standard InChI is InChI=1S/C22H29N3O6S/c1-22(2,3)31-20(27)23-15-8-9-25(13-15)18-14(12-17-19(26)24-21(28)32-17)6-5-7-16(18)30-11-10-29-4/h5-7,12,15H,8-11,13H2,1-4H3,(H,23,27)(H,24,26,28)/b17-12-/t15-/m0/s1. The number of carbonyl (C=O) groups is 3. The maximum absolute atomic E-state index is 12.2. The van der Waals surface area contributed by atoms with Crippen molar-refractivity contribution in [3.8, 4) is 5.75 Å². The monoisotopic (exact) mass is 463 g/mol. The Morgan fingerprint density at radius 1 is 1.31 bits per heavy atom. The molecule has 2 fully saturated rings. The summed E-state index contributed by atoms with van der Waals surface area (Å²) >= 11 is 0.870. The van der Waals surface area contributed by atoms with Crippen LogP contribution in [0.3, 0.4) is 0 Å². The predicted molar refractivity (Wildman–Crippen MR) is 123 cm³/mol. The number of methoxy groups -OCH3 is 1. The molecule has 2 aliphatic heterocycles. The van der Waals surface area contributed by atoms with Crippen molar-refractivity contribution >= 4 is 40.8 Å². The topological polar surface area (TPSA) is 106 Å². The lowest BCUT2D eigenvalue weighted by molar-refractivity contribution is -0.115. The lowest BCUT2D eigenvalue weighted by Crippen LogP contribution is -2.40. The molecule has 2 aliphatic rings. The van der Waals surface area contributed by atoms with Crippen LogP contribution in [0.1, 0.15) is 32.8 Å².